The first-order chi connectivity index (χ1) is 7.04. The summed E-state index contributed by atoms with van der Waals surface area (Å²) in [5.74, 6) is 5.51. The van der Waals surface area contributed by atoms with E-state index in [1.54, 1.807) is 11.3 Å². The third kappa shape index (κ3) is 4.13. The zero-order valence-electron chi connectivity index (χ0n) is 8.59. The number of ether oxygens (including phenoxy) is 1. The van der Waals surface area contributed by atoms with Crippen molar-refractivity contribution in [2.75, 3.05) is 6.61 Å². The molecule has 86 valence electrons. The molecule has 0 amide bonds. The van der Waals surface area contributed by atoms with E-state index in [-0.39, 0.29) is 12.1 Å². The van der Waals surface area contributed by atoms with Gasteiger partial charge in [0.25, 0.3) is 0 Å². The molecule has 1 unspecified atom stereocenters. The summed E-state index contributed by atoms with van der Waals surface area (Å²) in [4.78, 5) is 0. The summed E-state index contributed by atoms with van der Waals surface area (Å²) in [7, 11) is 0. The maximum Gasteiger partial charge on any atom is 0.0759 e. The lowest BCUT2D eigenvalue weighted by molar-refractivity contribution is 0.0611. The monoisotopic (exact) mass is 356 g/mol. The van der Waals surface area contributed by atoms with Crippen LogP contribution in [0.4, 0.5) is 0 Å². The zero-order chi connectivity index (χ0) is 11.4. The van der Waals surface area contributed by atoms with Gasteiger partial charge in [0.05, 0.1) is 26.3 Å². The van der Waals surface area contributed by atoms with Crippen molar-refractivity contribution >= 4 is 43.2 Å². The zero-order valence-corrected chi connectivity index (χ0v) is 12.6. The minimum Gasteiger partial charge on any atom is -0.377 e. The van der Waals surface area contributed by atoms with Crippen LogP contribution in [0.5, 0.6) is 0 Å². The van der Waals surface area contributed by atoms with E-state index in [2.05, 4.69) is 37.3 Å². The van der Waals surface area contributed by atoms with Crippen LogP contribution in [0.15, 0.2) is 13.6 Å². The number of thiophene rings is 1. The Hall–Kier alpha value is 0.540. The molecule has 0 aliphatic carbocycles. The molecule has 6 heteroatoms. The summed E-state index contributed by atoms with van der Waals surface area (Å²) >= 11 is 8.57. The molecular formula is C9H14Br2N2OS. The third-order valence-corrected chi connectivity index (χ3v) is 4.24. The molecule has 0 fully saturated rings. The van der Waals surface area contributed by atoms with Gasteiger partial charge in [-0.25, -0.2) is 0 Å². The van der Waals surface area contributed by atoms with Crippen molar-refractivity contribution in [3.63, 3.8) is 0 Å². The Morgan fingerprint density at radius 2 is 2.20 bits per heavy atom. The van der Waals surface area contributed by atoms with Crippen LogP contribution in [-0.4, -0.2) is 12.7 Å². The van der Waals surface area contributed by atoms with Crippen LogP contribution >= 0.6 is 43.2 Å². The highest BCUT2D eigenvalue weighted by molar-refractivity contribution is 9.12. The van der Waals surface area contributed by atoms with E-state index in [1.165, 1.54) is 0 Å². The van der Waals surface area contributed by atoms with Gasteiger partial charge in [0.1, 0.15) is 0 Å². The molecule has 0 aliphatic heterocycles. The maximum atomic E-state index is 5.54. The van der Waals surface area contributed by atoms with Crippen LogP contribution in [0.2, 0.25) is 0 Å². The number of nitrogens with one attached hydrogen (secondary N) is 1. The van der Waals surface area contributed by atoms with Crippen molar-refractivity contribution in [1.29, 1.82) is 0 Å². The fraction of sp³-hybridized carbons (Fsp3) is 0.556. The summed E-state index contributed by atoms with van der Waals surface area (Å²) in [5, 5.41) is 0. The number of rotatable bonds is 5. The van der Waals surface area contributed by atoms with Crippen molar-refractivity contribution in [3.8, 4) is 0 Å². The lowest BCUT2D eigenvalue weighted by atomic mass is 10.2. The maximum absolute atomic E-state index is 5.54. The molecule has 0 bridgehead atoms. The second kappa shape index (κ2) is 6.32. The molecule has 0 aromatic carbocycles. The third-order valence-electron chi connectivity index (χ3n) is 1.86. The van der Waals surface area contributed by atoms with E-state index in [4.69, 9.17) is 10.6 Å². The average Bonchev–Trinajstić information content (AvgIpc) is 2.46. The molecular weight excluding hydrogens is 344 g/mol. The average molecular weight is 358 g/mol. The van der Waals surface area contributed by atoms with Gasteiger partial charge in [-0.2, -0.15) is 0 Å². The number of hydrogen-bond donors (Lipinski definition) is 2. The molecule has 1 heterocycles. The largest absolute Gasteiger partial charge is 0.377 e. The number of halogens is 2. The van der Waals surface area contributed by atoms with Gasteiger partial charge < -0.3 is 4.74 Å². The van der Waals surface area contributed by atoms with Crippen LogP contribution < -0.4 is 11.3 Å². The van der Waals surface area contributed by atoms with E-state index in [9.17, 15) is 0 Å². The van der Waals surface area contributed by atoms with Crippen LogP contribution in [0.1, 0.15) is 25.5 Å². The molecule has 1 atom stereocenters. The second-order valence-electron chi connectivity index (χ2n) is 3.38. The Kier molecular flexibility index (Phi) is 5.73. The Morgan fingerprint density at radius 1 is 1.53 bits per heavy atom. The molecule has 1 aromatic heterocycles. The van der Waals surface area contributed by atoms with E-state index in [1.807, 2.05) is 19.9 Å². The molecule has 0 saturated heterocycles. The minimum absolute atomic E-state index is 0.0179. The Labute approximate surface area is 111 Å². The molecule has 1 rings (SSSR count). The lowest BCUT2D eigenvalue weighted by Gasteiger charge is -2.17. The molecule has 0 radical (unpaired) electrons. The van der Waals surface area contributed by atoms with Crippen LogP contribution in [0, 0.1) is 0 Å². The first-order valence-corrected chi connectivity index (χ1v) is 6.97. The molecule has 1 aromatic rings. The van der Waals surface area contributed by atoms with Crippen molar-refractivity contribution in [2.24, 2.45) is 5.84 Å². The van der Waals surface area contributed by atoms with Crippen LogP contribution in [-0.2, 0) is 4.74 Å². The highest BCUT2D eigenvalue weighted by atomic mass is 79.9. The number of nitrogens with two attached hydrogens (primary N) is 1. The van der Waals surface area contributed by atoms with Gasteiger partial charge in [-0.1, -0.05) is 0 Å². The van der Waals surface area contributed by atoms with Crippen molar-refractivity contribution in [3.05, 3.63) is 19.2 Å². The fourth-order valence-electron chi connectivity index (χ4n) is 1.11. The summed E-state index contributed by atoms with van der Waals surface area (Å²) in [5.41, 5.74) is 3.88. The van der Waals surface area contributed by atoms with Gasteiger partial charge in [-0.05, 0) is 57.3 Å². The van der Waals surface area contributed by atoms with Gasteiger partial charge >= 0.3 is 0 Å². The number of hydrogen-bond acceptors (Lipinski definition) is 4. The quantitative estimate of drug-likeness (QED) is 0.628. The highest BCUT2D eigenvalue weighted by Crippen LogP contribution is 2.35. The van der Waals surface area contributed by atoms with Gasteiger partial charge in [-0.15, -0.1) is 11.3 Å². The van der Waals surface area contributed by atoms with E-state index in [0.29, 0.717) is 6.61 Å². The smallest absolute Gasteiger partial charge is 0.0759 e. The minimum atomic E-state index is 0.0179. The summed E-state index contributed by atoms with van der Waals surface area (Å²) in [6.07, 6.45) is 0.210. The lowest BCUT2D eigenvalue weighted by Crippen LogP contribution is -2.32. The van der Waals surface area contributed by atoms with Crippen molar-refractivity contribution in [1.82, 2.24) is 5.43 Å². The summed E-state index contributed by atoms with van der Waals surface area (Å²) < 4.78 is 7.69. The van der Waals surface area contributed by atoms with Gasteiger partial charge in [0, 0.05) is 0 Å². The highest BCUT2D eigenvalue weighted by Gasteiger charge is 2.16. The summed E-state index contributed by atoms with van der Waals surface area (Å²) in [6, 6.07) is 2.06. The molecule has 0 aliphatic rings. The Morgan fingerprint density at radius 3 is 2.60 bits per heavy atom. The standard InChI is InChI=1S/C9H14Br2N2OS/c1-5(2)14-4-7(13-12)6-3-8(10)15-9(6)11/h3,5,7,13H,4,12H2,1-2H3. The first kappa shape index (κ1) is 13.6. The normalized spacial score (nSPS) is 13.5. The summed E-state index contributed by atoms with van der Waals surface area (Å²) in [6.45, 7) is 4.58. The first-order valence-electron chi connectivity index (χ1n) is 4.57. The van der Waals surface area contributed by atoms with Gasteiger partial charge in [0.15, 0.2) is 0 Å². The molecule has 3 N–H and O–H groups in total. The second-order valence-corrected chi connectivity index (χ2v) is 7.13. The van der Waals surface area contributed by atoms with Crippen LogP contribution in [0.25, 0.3) is 0 Å². The van der Waals surface area contributed by atoms with Crippen molar-refractivity contribution < 1.29 is 4.74 Å². The molecule has 0 saturated carbocycles. The molecule has 15 heavy (non-hydrogen) atoms. The van der Waals surface area contributed by atoms with Gasteiger partial charge in [0.2, 0.25) is 0 Å². The van der Waals surface area contributed by atoms with Crippen LogP contribution in [0.3, 0.4) is 0 Å². The van der Waals surface area contributed by atoms with E-state index in [0.717, 1.165) is 13.1 Å². The van der Waals surface area contributed by atoms with E-state index < -0.39 is 0 Å². The topological polar surface area (TPSA) is 47.3 Å². The van der Waals surface area contributed by atoms with Crippen molar-refractivity contribution in [2.45, 2.75) is 26.0 Å². The SMILES string of the molecule is CC(C)OCC(NN)c1cc(Br)sc1Br. The molecule has 3 nitrogen and oxygen atoms in total. The Bertz CT molecular complexity index is 317. The van der Waals surface area contributed by atoms with E-state index >= 15 is 0 Å². The predicted molar refractivity (Wildman–Crippen MR) is 70.9 cm³/mol. The molecule has 0 spiro atoms. The number of hydrazine groups is 1. The Balaban J connectivity index is 2.69. The fourth-order valence-corrected chi connectivity index (χ4v) is 4.08. The van der Waals surface area contributed by atoms with Gasteiger partial charge in [-0.3, -0.25) is 11.3 Å². The predicted octanol–water partition coefficient (Wildman–Crippen LogP) is 3.20.